The summed E-state index contributed by atoms with van der Waals surface area (Å²) >= 11 is 11.8. The number of hydrogen-bond donors (Lipinski definition) is 2. The van der Waals surface area contributed by atoms with Gasteiger partial charge in [-0.3, -0.25) is 9.59 Å². The summed E-state index contributed by atoms with van der Waals surface area (Å²) in [5, 5.41) is 11.9. The molecule has 92 valence electrons. The molecule has 1 amide bonds. The van der Waals surface area contributed by atoms with Crippen molar-refractivity contribution in [1.82, 2.24) is 5.32 Å². The highest BCUT2D eigenvalue weighted by Gasteiger charge is 2.20. The normalized spacial score (nSPS) is 11.9. The van der Waals surface area contributed by atoms with Crippen molar-refractivity contribution in [2.75, 3.05) is 0 Å². The number of carbonyl (C=O) groups excluding carboxylic acids is 1. The van der Waals surface area contributed by atoms with Gasteiger partial charge >= 0.3 is 5.97 Å². The molecule has 1 atom stereocenters. The molecule has 4 nitrogen and oxygen atoms in total. The molecule has 6 heteroatoms. The Morgan fingerprint density at radius 2 is 2.06 bits per heavy atom. The van der Waals surface area contributed by atoms with Gasteiger partial charge in [-0.2, -0.15) is 0 Å². The summed E-state index contributed by atoms with van der Waals surface area (Å²) in [6.07, 6.45) is -0.250. The first-order chi connectivity index (χ1) is 7.91. The number of carboxylic acids is 1. The van der Waals surface area contributed by atoms with Crippen molar-refractivity contribution in [2.24, 2.45) is 0 Å². The molecule has 0 saturated heterocycles. The third-order valence-electron chi connectivity index (χ3n) is 2.11. The Labute approximate surface area is 109 Å². The Morgan fingerprint density at radius 3 is 2.59 bits per heavy atom. The maximum Gasteiger partial charge on any atom is 0.305 e. The molecule has 0 aromatic heterocycles. The van der Waals surface area contributed by atoms with Crippen LogP contribution in [-0.4, -0.2) is 17.0 Å². The van der Waals surface area contributed by atoms with Crippen LogP contribution >= 0.6 is 23.2 Å². The van der Waals surface area contributed by atoms with Crippen LogP contribution in [0.2, 0.25) is 10.0 Å². The molecule has 1 aromatic carbocycles. The molecule has 0 bridgehead atoms. The van der Waals surface area contributed by atoms with Gasteiger partial charge < -0.3 is 10.4 Å². The fraction of sp³-hybridized carbons (Fsp3) is 0.273. The van der Waals surface area contributed by atoms with Gasteiger partial charge in [0.2, 0.25) is 5.91 Å². The highest BCUT2D eigenvalue weighted by atomic mass is 35.5. The van der Waals surface area contributed by atoms with E-state index in [0.29, 0.717) is 10.6 Å². The minimum Gasteiger partial charge on any atom is -0.481 e. The van der Waals surface area contributed by atoms with Gasteiger partial charge in [-0.05, 0) is 11.6 Å². The number of halogens is 2. The van der Waals surface area contributed by atoms with Crippen LogP contribution in [-0.2, 0) is 9.59 Å². The summed E-state index contributed by atoms with van der Waals surface area (Å²) in [7, 11) is 0. The summed E-state index contributed by atoms with van der Waals surface area (Å²) in [6.45, 7) is 1.31. The Morgan fingerprint density at radius 1 is 1.41 bits per heavy atom. The van der Waals surface area contributed by atoms with Crippen LogP contribution in [0.4, 0.5) is 0 Å². The zero-order chi connectivity index (χ0) is 13.0. The topological polar surface area (TPSA) is 66.4 Å². The van der Waals surface area contributed by atoms with Crippen LogP contribution in [0.1, 0.15) is 24.9 Å². The average Bonchev–Trinajstić information content (AvgIpc) is 2.19. The summed E-state index contributed by atoms with van der Waals surface area (Å²) in [5.41, 5.74) is 0.497. The first-order valence-electron chi connectivity index (χ1n) is 4.84. The van der Waals surface area contributed by atoms with Gasteiger partial charge in [0.25, 0.3) is 0 Å². The standard InChI is InChI=1S/C11H11Cl2NO3/c1-6(15)14-9(5-10(16)17)7-3-2-4-8(12)11(7)13/h2-4,9H,5H2,1H3,(H,14,15)(H,16,17)/t9-/m1/s1. The van der Waals surface area contributed by atoms with Crippen LogP contribution in [0, 0.1) is 0 Å². The SMILES string of the molecule is CC(=O)N[C@H](CC(=O)O)c1cccc(Cl)c1Cl. The lowest BCUT2D eigenvalue weighted by Gasteiger charge is -2.18. The molecule has 17 heavy (non-hydrogen) atoms. The summed E-state index contributed by atoms with van der Waals surface area (Å²) in [5.74, 6) is -1.35. The lowest BCUT2D eigenvalue weighted by atomic mass is 10.0. The van der Waals surface area contributed by atoms with Crippen molar-refractivity contribution >= 4 is 35.1 Å². The van der Waals surface area contributed by atoms with Crippen molar-refractivity contribution in [3.8, 4) is 0 Å². The van der Waals surface area contributed by atoms with Crippen molar-refractivity contribution in [3.05, 3.63) is 33.8 Å². The van der Waals surface area contributed by atoms with Gasteiger partial charge in [-0.25, -0.2) is 0 Å². The Kier molecular flexibility index (Phi) is 4.78. The molecule has 0 saturated carbocycles. The average molecular weight is 276 g/mol. The summed E-state index contributed by atoms with van der Waals surface area (Å²) in [6, 6.07) is 4.20. The number of benzene rings is 1. The highest BCUT2D eigenvalue weighted by Crippen LogP contribution is 2.31. The van der Waals surface area contributed by atoms with Crippen LogP contribution < -0.4 is 5.32 Å². The fourth-order valence-corrected chi connectivity index (χ4v) is 1.89. The molecular weight excluding hydrogens is 265 g/mol. The number of hydrogen-bond acceptors (Lipinski definition) is 2. The van der Waals surface area contributed by atoms with Crippen molar-refractivity contribution in [3.63, 3.8) is 0 Å². The van der Waals surface area contributed by atoms with Gasteiger partial charge in [0.1, 0.15) is 0 Å². The number of carbonyl (C=O) groups is 2. The van der Waals surface area contributed by atoms with Crippen molar-refractivity contribution < 1.29 is 14.7 Å². The summed E-state index contributed by atoms with van der Waals surface area (Å²) in [4.78, 5) is 21.8. The number of amides is 1. The molecule has 0 aliphatic heterocycles. The van der Waals surface area contributed by atoms with E-state index < -0.39 is 12.0 Å². The number of nitrogens with one attached hydrogen (secondary N) is 1. The number of carboxylic acid groups (broad SMARTS) is 1. The Balaban J connectivity index is 3.07. The largest absolute Gasteiger partial charge is 0.481 e. The third kappa shape index (κ3) is 3.91. The number of rotatable bonds is 4. The van der Waals surface area contributed by atoms with Gasteiger partial charge in [-0.15, -0.1) is 0 Å². The number of aliphatic carboxylic acids is 1. The maximum absolute atomic E-state index is 11.0. The maximum atomic E-state index is 11.0. The molecule has 0 fully saturated rings. The lowest BCUT2D eigenvalue weighted by Crippen LogP contribution is -2.28. The fourth-order valence-electron chi connectivity index (χ4n) is 1.45. The zero-order valence-corrected chi connectivity index (χ0v) is 10.5. The second kappa shape index (κ2) is 5.89. The Hall–Kier alpha value is -1.26. The molecule has 0 radical (unpaired) electrons. The minimum atomic E-state index is -1.03. The Bertz CT molecular complexity index is 432. The van der Waals surface area contributed by atoms with Gasteiger partial charge in [-0.1, -0.05) is 35.3 Å². The monoisotopic (exact) mass is 275 g/mol. The molecule has 0 spiro atoms. The van der Waals surface area contributed by atoms with Crippen LogP contribution in [0.25, 0.3) is 0 Å². The first kappa shape index (κ1) is 13.8. The van der Waals surface area contributed by atoms with Gasteiger partial charge in [0, 0.05) is 6.92 Å². The molecule has 0 unspecified atom stereocenters. The van der Waals surface area contributed by atoms with E-state index in [1.54, 1.807) is 18.2 Å². The lowest BCUT2D eigenvalue weighted by molar-refractivity contribution is -0.137. The van der Waals surface area contributed by atoms with E-state index in [4.69, 9.17) is 28.3 Å². The third-order valence-corrected chi connectivity index (χ3v) is 2.95. The van der Waals surface area contributed by atoms with E-state index in [-0.39, 0.29) is 17.4 Å². The van der Waals surface area contributed by atoms with E-state index in [9.17, 15) is 9.59 Å². The second-order valence-electron chi connectivity index (χ2n) is 3.49. The first-order valence-corrected chi connectivity index (χ1v) is 5.60. The molecule has 0 aliphatic carbocycles. The quantitative estimate of drug-likeness (QED) is 0.888. The minimum absolute atomic E-state index is 0.250. The molecule has 1 aromatic rings. The van der Waals surface area contributed by atoms with Crippen LogP contribution in [0.5, 0.6) is 0 Å². The van der Waals surface area contributed by atoms with Gasteiger partial charge in [0.15, 0.2) is 0 Å². The molecule has 2 N–H and O–H groups in total. The predicted octanol–water partition coefficient (Wildman–Crippen LogP) is 2.65. The summed E-state index contributed by atoms with van der Waals surface area (Å²) < 4.78 is 0. The highest BCUT2D eigenvalue weighted by molar-refractivity contribution is 6.42. The van der Waals surface area contributed by atoms with Crippen LogP contribution in [0.3, 0.4) is 0 Å². The molecule has 1 rings (SSSR count). The van der Waals surface area contributed by atoms with E-state index in [0.717, 1.165) is 0 Å². The van der Waals surface area contributed by atoms with Crippen molar-refractivity contribution in [2.45, 2.75) is 19.4 Å². The molecular formula is C11H11Cl2NO3. The van der Waals surface area contributed by atoms with E-state index in [2.05, 4.69) is 5.32 Å². The van der Waals surface area contributed by atoms with Gasteiger partial charge in [0.05, 0.1) is 22.5 Å². The van der Waals surface area contributed by atoms with Crippen molar-refractivity contribution in [1.29, 1.82) is 0 Å². The molecule has 0 aliphatic rings. The van der Waals surface area contributed by atoms with E-state index in [1.165, 1.54) is 6.92 Å². The molecule has 0 heterocycles. The van der Waals surface area contributed by atoms with E-state index >= 15 is 0 Å². The zero-order valence-electron chi connectivity index (χ0n) is 9.04. The second-order valence-corrected chi connectivity index (χ2v) is 4.28. The van der Waals surface area contributed by atoms with Crippen LogP contribution in [0.15, 0.2) is 18.2 Å². The predicted molar refractivity (Wildman–Crippen MR) is 65.3 cm³/mol. The van der Waals surface area contributed by atoms with E-state index in [1.807, 2.05) is 0 Å². The smallest absolute Gasteiger partial charge is 0.305 e.